The molecule has 0 bridgehead atoms. The van der Waals surface area contributed by atoms with Crippen molar-refractivity contribution in [1.82, 2.24) is 0 Å². The fourth-order valence-corrected chi connectivity index (χ4v) is 2.83. The van der Waals surface area contributed by atoms with E-state index in [9.17, 15) is 18.3 Å². The normalized spacial score (nSPS) is 17.7. The summed E-state index contributed by atoms with van der Waals surface area (Å²) in [5, 5.41) is 10.1. The average Bonchev–Trinajstić information content (AvgIpc) is 2.46. The highest BCUT2D eigenvalue weighted by molar-refractivity contribution is 6.32. The molecule has 1 aliphatic heterocycles. The number of aromatic hydroxyl groups is 1. The summed E-state index contributed by atoms with van der Waals surface area (Å²) in [6, 6.07) is 8.74. The summed E-state index contributed by atoms with van der Waals surface area (Å²) in [5.41, 5.74) is 0.418. The molecule has 0 saturated carbocycles. The van der Waals surface area contributed by atoms with E-state index < -0.39 is 23.6 Å². The number of phenolic OH excluding ortho intramolecular Hbond substituents is 1. The molecule has 0 radical (unpaired) electrons. The van der Waals surface area contributed by atoms with Crippen LogP contribution in [0.25, 0.3) is 0 Å². The van der Waals surface area contributed by atoms with Crippen molar-refractivity contribution < 1.29 is 23.0 Å². The summed E-state index contributed by atoms with van der Waals surface area (Å²) in [7, 11) is 0. The molecule has 1 aliphatic rings. The molecule has 2 nitrogen and oxygen atoms in total. The van der Waals surface area contributed by atoms with Crippen molar-refractivity contribution in [1.29, 1.82) is 0 Å². The van der Waals surface area contributed by atoms with Gasteiger partial charge in [0.2, 0.25) is 0 Å². The molecule has 116 valence electrons. The molecule has 1 unspecified atom stereocenters. The average molecular weight is 329 g/mol. The predicted molar refractivity (Wildman–Crippen MR) is 76.3 cm³/mol. The van der Waals surface area contributed by atoms with Crippen LogP contribution in [0.4, 0.5) is 13.2 Å². The van der Waals surface area contributed by atoms with Crippen molar-refractivity contribution in [2.45, 2.75) is 25.1 Å². The monoisotopic (exact) mass is 328 g/mol. The number of aryl methyl sites for hydroxylation is 1. The fraction of sp³-hybridized carbons (Fsp3) is 0.250. The Bertz CT molecular complexity index is 713. The van der Waals surface area contributed by atoms with E-state index in [1.54, 1.807) is 6.07 Å². The minimum atomic E-state index is -4.58. The molecule has 0 aliphatic carbocycles. The Balaban J connectivity index is 1.91. The second-order valence-corrected chi connectivity index (χ2v) is 5.55. The third-order valence-electron chi connectivity index (χ3n) is 3.68. The maximum Gasteiger partial charge on any atom is 0.419 e. The van der Waals surface area contributed by atoms with Crippen LogP contribution in [0.1, 0.15) is 29.2 Å². The molecule has 0 spiro atoms. The molecule has 0 fully saturated rings. The second-order valence-electron chi connectivity index (χ2n) is 5.15. The van der Waals surface area contributed by atoms with Gasteiger partial charge in [0.15, 0.2) is 0 Å². The van der Waals surface area contributed by atoms with Crippen molar-refractivity contribution in [2.75, 3.05) is 0 Å². The van der Waals surface area contributed by atoms with Crippen LogP contribution in [0, 0.1) is 0 Å². The Morgan fingerprint density at radius 3 is 2.64 bits per heavy atom. The number of para-hydroxylation sites is 1. The van der Waals surface area contributed by atoms with Crippen molar-refractivity contribution in [2.24, 2.45) is 0 Å². The van der Waals surface area contributed by atoms with E-state index in [1.165, 1.54) is 6.07 Å². The Morgan fingerprint density at radius 2 is 1.95 bits per heavy atom. The molecule has 6 heteroatoms. The van der Waals surface area contributed by atoms with Crippen LogP contribution in [0.2, 0.25) is 5.02 Å². The number of fused-ring (bicyclic) bond motifs is 1. The second kappa shape index (κ2) is 5.39. The van der Waals surface area contributed by atoms with Crippen molar-refractivity contribution in [3.05, 3.63) is 58.1 Å². The smallest absolute Gasteiger partial charge is 0.419 e. The zero-order valence-electron chi connectivity index (χ0n) is 11.3. The van der Waals surface area contributed by atoms with Gasteiger partial charge >= 0.3 is 6.18 Å². The standard InChI is InChI=1S/C16H12ClF3O2/c17-12-3-1-2-9-5-7-14(22-15(9)12)10-4-6-11(13(21)8-10)16(18,19)20/h1-4,6,8,14,21H,5,7H2. The zero-order chi connectivity index (χ0) is 15.9. The van der Waals surface area contributed by atoms with E-state index in [1.807, 2.05) is 12.1 Å². The van der Waals surface area contributed by atoms with Gasteiger partial charge in [0, 0.05) is 0 Å². The summed E-state index contributed by atoms with van der Waals surface area (Å²) in [5.74, 6) is -0.238. The lowest BCUT2D eigenvalue weighted by atomic mass is 9.96. The maximum atomic E-state index is 12.7. The number of halogens is 4. The quantitative estimate of drug-likeness (QED) is 0.786. The van der Waals surface area contributed by atoms with Crippen LogP contribution in [0.3, 0.4) is 0 Å². The minimum Gasteiger partial charge on any atom is -0.507 e. The number of phenols is 1. The van der Waals surface area contributed by atoms with Gasteiger partial charge in [-0.25, -0.2) is 0 Å². The van der Waals surface area contributed by atoms with Crippen LogP contribution in [-0.2, 0) is 12.6 Å². The molecular weight excluding hydrogens is 317 g/mol. The highest BCUT2D eigenvalue weighted by Gasteiger charge is 2.34. The molecule has 3 rings (SSSR count). The number of hydrogen-bond donors (Lipinski definition) is 1. The summed E-state index contributed by atoms with van der Waals surface area (Å²) >= 11 is 6.09. The van der Waals surface area contributed by atoms with Gasteiger partial charge in [-0.05, 0) is 42.2 Å². The topological polar surface area (TPSA) is 29.5 Å². The van der Waals surface area contributed by atoms with E-state index >= 15 is 0 Å². The van der Waals surface area contributed by atoms with E-state index in [2.05, 4.69) is 0 Å². The largest absolute Gasteiger partial charge is 0.507 e. The minimum absolute atomic E-state index is 0.430. The number of benzene rings is 2. The molecule has 2 aromatic carbocycles. The van der Waals surface area contributed by atoms with Gasteiger partial charge in [0.1, 0.15) is 17.6 Å². The van der Waals surface area contributed by atoms with E-state index in [0.29, 0.717) is 29.2 Å². The Labute approximate surface area is 130 Å². The highest BCUT2D eigenvalue weighted by Crippen LogP contribution is 2.42. The SMILES string of the molecule is Oc1cc(C2CCc3cccc(Cl)c3O2)ccc1C(F)(F)F. The lowest BCUT2D eigenvalue weighted by Crippen LogP contribution is -2.16. The third kappa shape index (κ3) is 2.73. The molecular formula is C16H12ClF3O2. The van der Waals surface area contributed by atoms with Crippen LogP contribution in [0.15, 0.2) is 36.4 Å². The third-order valence-corrected chi connectivity index (χ3v) is 3.98. The summed E-state index contributed by atoms with van der Waals surface area (Å²) in [4.78, 5) is 0. The fourth-order valence-electron chi connectivity index (χ4n) is 2.59. The predicted octanol–water partition coefficient (Wildman–Crippen LogP) is 5.13. The molecule has 0 aromatic heterocycles. The highest BCUT2D eigenvalue weighted by atomic mass is 35.5. The van der Waals surface area contributed by atoms with E-state index in [0.717, 1.165) is 17.7 Å². The number of hydrogen-bond acceptors (Lipinski definition) is 2. The summed E-state index contributed by atoms with van der Waals surface area (Å²) in [6.45, 7) is 0. The van der Waals surface area contributed by atoms with Gasteiger partial charge < -0.3 is 9.84 Å². The van der Waals surface area contributed by atoms with Crippen molar-refractivity contribution >= 4 is 11.6 Å². The maximum absolute atomic E-state index is 12.7. The van der Waals surface area contributed by atoms with Gasteiger partial charge in [-0.1, -0.05) is 29.8 Å². The molecule has 1 heterocycles. The van der Waals surface area contributed by atoms with Crippen molar-refractivity contribution in [3.63, 3.8) is 0 Å². The lowest BCUT2D eigenvalue weighted by Gasteiger charge is -2.27. The lowest BCUT2D eigenvalue weighted by molar-refractivity contribution is -0.138. The number of rotatable bonds is 1. The van der Waals surface area contributed by atoms with Crippen LogP contribution < -0.4 is 4.74 Å². The first kappa shape index (κ1) is 15.0. The van der Waals surface area contributed by atoms with E-state index in [-0.39, 0.29) is 0 Å². The first-order chi connectivity index (χ1) is 10.4. The molecule has 1 atom stereocenters. The summed E-state index contributed by atoms with van der Waals surface area (Å²) < 4.78 is 43.8. The van der Waals surface area contributed by atoms with Gasteiger partial charge in [0.05, 0.1) is 10.6 Å². The van der Waals surface area contributed by atoms with Crippen LogP contribution in [-0.4, -0.2) is 5.11 Å². The summed E-state index contributed by atoms with van der Waals surface area (Å²) in [6.07, 6.45) is -3.69. The Hall–Kier alpha value is -1.88. The van der Waals surface area contributed by atoms with Crippen LogP contribution in [0.5, 0.6) is 11.5 Å². The van der Waals surface area contributed by atoms with Crippen LogP contribution >= 0.6 is 11.6 Å². The number of ether oxygens (including phenoxy) is 1. The first-order valence-corrected chi connectivity index (χ1v) is 7.08. The van der Waals surface area contributed by atoms with Gasteiger partial charge in [0.25, 0.3) is 0 Å². The van der Waals surface area contributed by atoms with Gasteiger partial charge in [-0.3, -0.25) is 0 Å². The Morgan fingerprint density at radius 1 is 1.18 bits per heavy atom. The van der Waals surface area contributed by atoms with Gasteiger partial charge in [-0.15, -0.1) is 0 Å². The Kier molecular flexibility index (Phi) is 3.68. The molecule has 0 amide bonds. The molecule has 1 N–H and O–H groups in total. The number of alkyl halides is 3. The van der Waals surface area contributed by atoms with E-state index in [4.69, 9.17) is 16.3 Å². The molecule has 22 heavy (non-hydrogen) atoms. The van der Waals surface area contributed by atoms with Crippen molar-refractivity contribution in [3.8, 4) is 11.5 Å². The molecule has 2 aromatic rings. The zero-order valence-corrected chi connectivity index (χ0v) is 12.1. The van der Waals surface area contributed by atoms with Gasteiger partial charge in [-0.2, -0.15) is 13.2 Å². The first-order valence-electron chi connectivity index (χ1n) is 6.70. The molecule has 0 saturated heterocycles.